The lowest BCUT2D eigenvalue weighted by Gasteiger charge is -2.17. The molecule has 1 saturated heterocycles. The second-order valence-corrected chi connectivity index (χ2v) is 8.33. The minimum absolute atomic E-state index is 0.0641. The summed E-state index contributed by atoms with van der Waals surface area (Å²) >= 11 is 0. The molecule has 1 aliphatic heterocycles. The summed E-state index contributed by atoms with van der Waals surface area (Å²) in [6.45, 7) is 7.16. The molecule has 170 valence electrons. The number of rotatable bonds is 7. The Morgan fingerprint density at radius 3 is 2.82 bits per heavy atom. The highest BCUT2D eigenvalue weighted by Gasteiger charge is 2.30. The summed E-state index contributed by atoms with van der Waals surface area (Å²) in [7, 11) is 0. The van der Waals surface area contributed by atoms with E-state index in [4.69, 9.17) is 9.84 Å². The molecule has 3 aromatic heterocycles. The van der Waals surface area contributed by atoms with Gasteiger partial charge in [-0.05, 0) is 44.0 Å². The average molecular weight is 446 g/mol. The van der Waals surface area contributed by atoms with Crippen molar-refractivity contribution in [2.45, 2.75) is 39.3 Å². The summed E-state index contributed by atoms with van der Waals surface area (Å²) in [6, 6.07) is 9.72. The molecule has 1 atom stereocenters. The molecule has 1 aliphatic rings. The normalized spacial score (nSPS) is 16.1. The summed E-state index contributed by atoms with van der Waals surface area (Å²) in [4.78, 5) is 23.6. The standard InChI is InChI=1S/C24H27N7O2/c1-3-33-14-18-4-6-19(7-5-18)24(32)29-11-9-20(12-29)22-8-10-26-23-21(17(2)28-31(22)23)13-30-16-25-15-27-30/h4-8,10,15-16,20H,3,9,11-14H2,1-2H3. The molecule has 0 aliphatic carbocycles. The van der Waals surface area contributed by atoms with Gasteiger partial charge in [0.25, 0.3) is 5.91 Å². The van der Waals surface area contributed by atoms with Crippen LogP contribution in [0.3, 0.4) is 0 Å². The van der Waals surface area contributed by atoms with Gasteiger partial charge in [0.15, 0.2) is 5.65 Å². The van der Waals surface area contributed by atoms with Crippen LogP contribution < -0.4 is 0 Å². The van der Waals surface area contributed by atoms with E-state index in [-0.39, 0.29) is 11.8 Å². The summed E-state index contributed by atoms with van der Waals surface area (Å²) in [5, 5.41) is 8.98. The topological polar surface area (TPSA) is 90.4 Å². The molecule has 0 spiro atoms. The molecular weight excluding hydrogens is 418 g/mol. The first-order valence-corrected chi connectivity index (χ1v) is 11.3. The van der Waals surface area contributed by atoms with Crippen LogP contribution in [0, 0.1) is 6.92 Å². The fourth-order valence-corrected chi connectivity index (χ4v) is 4.42. The third-order valence-electron chi connectivity index (χ3n) is 6.20. The molecule has 4 aromatic rings. The Kier molecular flexibility index (Phi) is 5.87. The zero-order chi connectivity index (χ0) is 22.8. The van der Waals surface area contributed by atoms with Crippen LogP contribution in [0.5, 0.6) is 0 Å². The molecule has 0 N–H and O–H groups in total. The van der Waals surface area contributed by atoms with Crippen molar-refractivity contribution in [1.82, 2.24) is 34.3 Å². The van der Waals surface area contributed by atoms with Crippen molar-refractivity contribution >= 4 is 11.6 Å². The molecule has 1 amide bonds. The number of likely N-dealkylation sites (tertiary alicyclic amines) is 1. The van der Waals surface area contributed by atoms with Crippen LogP contribution >= 0.6 is 0 Å². The van der Waals surface area contributed by atoms with Crippen molar-refractivity contribution in [1.29, 1.82) is 0 Å². The van der Waals surface area contributed by atoms with Gasteiger partial charge in [0.1, 0.15) is 12.7 Å². The van der Waals surface area contributed by atoms with Gasteiger partial charge in [-0.3, -0.25) is 4.79 Å². The smallest absolute Gasteiger partial charge is 0.253 e. The van der Waals surface area contributed by atoms with Crippen molar-refractivity contribution in [3.63, 3.8) is 0 Å². The third kappa shape index (κ3) is 4.23. The first-order valence-electron chi connectivity index (χ1n) is 11.3. The fourth-order valence-electron chi connectivity index (χ4n) is 4.42. The van der Waals surface area contributed by atoms with Crippen molar-refractivity contribution in [2.24, 2.45) is 0 Å². The van der Waals surface area contributed by atoms with Crippen molar-refractivity contribution in [3.05, 3.63) is 77.3 Å². The van der Waals surface area contributed by atoms with Crippen LogP contribution in [-0.2, 0) is 17.9 Å². The quantitative estimate of drug-likeness (QED) is 0.435. The largest absolute Gasteiger partial charge is 0.377 e. The van der Waals surface area contributed by atoms with E-state index in [0.29, 0.717) is 31.9 Å². The molecule has 9 heteroatoms. The number of carbonyl (C=O) groups is 1. The van der Waals surface area contributed by atoms with Crippen LogP contribution in [0.2, 0.25) is 0 Å². The van der Waals surface area contributed by atoms with E-state index in [1.54, 1.807) is 11.0 Å². The van der Waals surface area contributed by atoms with Crippen LogP contribution in [-0.4, -0.2) is 59.9 Å². The molecule has 9 nitrogen and oxygen atoms in total. The van der Waals surface area contributed by atoms with Crippen LogP contribution in [0.15, 0.2) is 49.2 Å². The maximum Gasteiger partial charge on any atom is 0.253 e. The monoisotopic (exact) mass is 445 g/mol. The maximum atomic E-state index is 13.1. The van der Waals surface area contributed by atoms with E-state index >= 15 is 0 Å². The number of amides is 1. The summed E-state index contributed by atoms with van der Waals surface area (Å²) in [6.07, 6.45) is 5.94. The van der Waals surface area contributed by atoms with Crippen LogP contribution in [0.1, 0.15) is 52.1 Å². The predicted molar refractivity (Wildman–Crippen MR) is 122 cm³/mol. The molecule has 1 fully saturated rings. The second-order valence-electron chi connectivity index (χ2n) is 8.33. The number of aryl methyl sites for hydroxylation is 1. The fraction of sp³-hybridized carbons (Fsp3) is 0.375. The Morgan fingerprint density at radius 2 is 2.06 bits per heavy atom. The van der Waals surface area contributed by atoms with Crippen LogP contribution in [0.4, 0.5) is 0 Å². The van der Waals surface area contributed by atoms with E-state index in [9.17, 15) is 4.79 Å². The molecule has 33 heavy (non-hydrogen) atoms. The summed E-state index contributed by atoms with van der Waals surface area (Å²) in [5.74, 6) is 0.268. The van der Waals surface area contributed by atoms with E-state index in [1.807, 2.05) is 59.8 Å². The molecule has 0 bridgehead atoms. The number of fused-ring (bicyclic) bond motifs is 1. The number of ether oxygens (including phenoxy) is 1. The van der Waals surface area contributed by atoms with Gasteiger partial charge in [-0.1, -0.05) is 12.1 Å². The SMILES string of the molecule is CCOCc1ccc(C(=O)N2CCC(c3ccnc4c(Cn5cncn5)c(C)nn34)C2)cc1. The lowest BCUT2D eigenvalue weighted by molar-refractivity contribution is 0.0790. The average Bonchev–Trinajstić information content (AvgIpc) is 3.59. The first-order chi connectivity index (χ1) is 16.1. The Morgan fingerprint density at radius 1 is 1.21 bits per heavy atom. The van der Waals surface area contributed by atoms with Gasteiger partial charge in [-0.15, -0.1) is 0 Å². The molecule has 1 aromatic carbocycles. The molecule has 5 rings (SSSR count). The molecule has 4 heterocycles. The summed E-state index contributed by atoms with van der Waals surface area (Å²) < 4.78 is 9.15. The maximum absolute atomic E-state index is 13.1. The predicted octanol–water partition coefficient (Wildman–Crippen LogP) is 2.84. The first kappa shape index (κ1) is 21.3. The van der Waals surface area contributed by atoms with Gasteiger partial charge in [-0.2, -0.15) is 10.2 Å². The molecule has 0 saturated carbocycles. The lowest BCUT2D eigenvalue weighted by Crippen LogP contribution is -2.28. The number of hydrogen-bond donors (Lipinski definition) is 0. The van der Waals surface area contributed by atoms with Gasteiger partial charge >= 0.3 is 0 Å². The van der Waals surface area contributed by atoms with E-state index in [2.05, 4.69) is 15.1 Å². The highest BCUT2D eigenvalue weighted by molar-refractivity contribution is 5.94. The second kappa shape index (κ2) is 9.11. The minimum atomic E-state index is 0.0641. The molecular formula is C24H27N7O2. The van der Waals surface area contributed by atoms with E-state index in [1.165, 1.54) is 6.33 Å². The Bertz CT molecular complexity index is 1250. The Hall–Kier alpha value is -3.59. The number of benzene rings is 1. The zero-order valence-electron chi connectivity index (χ0n) is 18.9. The van der Waals surface area contributed by atoms with Crippen LogP contribution in [0.25, 0.3) is 5.65 Å². The van der Waals surface area contributed by atoms with Gasteiger partial charge in [-0.25, -0.2) is 19.2 Å². The lowest BCUT2D eigenvalue weighted by atomic mass is 10.0. The molecule has 1 unspecified atom stereocenters. The van der Waals surface area contributed by atoms with Gasteiger partial charge < -0.3 is 9.64 Å². The van der Waals surface area contributed by atoms with Crippen molar-refractivity contribution in [2.75, 3.05) is 19.7 Å². The van der Waals surface area contributed by atoms with Gasteiger partial charge in [0.05, 0.1) is 24.5 Å². The Balaban J connectivity index is 1.34. The number of hydrogen-bond acceptors (Lipinski definition) is 6. The van der Waals surface area contributed by atoms with E-state index in [0.717, 1.165) is 41.1 Å². The third-order valence-corrected chi connectivity index (χ3v) is 6.20. The van der Waals surface area contributed by atoms with E-state index < -0.39 is 0 Å². The number of carbonyl (C=O) groups excluding carboxylic acids is 1. The van der Waals surface area contributed by atoms with Gasteiger partial charge in [0.2, 0.25) is 0 Å². The number of nitrogens with zero attached hydrogens (tertiary/aromatic N) is 7. The molecule has 0 radical (unpaired) electrons. The zero-order valence-corrected chi connectivity index (χ0v) is 18.9. The highest BCUT2D eigenvalue weighted by atomic mass is 16.5. The Labute approximate surface area is 192 Å². The number of aromatic nitrogens is 6. The van der Waals surface area contributed by atoms with Gasteiger partial charge in [0, 0.05) is 42.9 Å². The van der Waals surface area contributed by atoms with Crippen molar-refractivity contribution < 1.29 is 9.53 Å². The minimum Gasteiger partial charge on any atom is -0.377 e. The summed E-state index contributed by atoms with van der Waals surface area (Å²) in [5.41, 5.74) is 5.64. The van der Waals surface area contributed by atoms with Crippen molar-refractivity contribution in [3.8, 4) is 0 Å². The highest BCUT2D eigenvalue weighted by Crippen LogP contribution is 2.29.